The van der Waals surface area contributed by atoms with E-state index in [1.54, 1.807) is 6.92 Å². The molecule has 0 aromatic rings. The lowest BCUT2D eigenvalue weighted by Crippen LogP contribution is -2.03. The summed E-state index contributed by atoms with van der Waals surface area (Å²) in [6.07, 6.45) is 3.13. The summed E-state index contributed by atoms with van der Waals surface area (Å²) < 4.78 is 4.72. The number of allylic oxidation sites excluding steroid dienone is 2. The van der Waals surface area contributed by atoms with Gasteiger partial charge in [-0.25, -0.2) is 0 Å². The van der Waals surface area contributed by atoms with Gasteiger partial charge in [0, 0.05) is 6.42 Å². The first kappa shape index (κ1) is 10.9. The third-order valence-corrected chi connectivity index (χ3v) is 1.38. The van der Waals surface area contributed by atoms with Crippen molar-refractivity contribution in [1.82, 2.24) is 0 Å². The van der Waals surface area contributed by atoms with Crippen LogP contribution in [-0.4, -0.2) is 18.9 Å². The molecule has 0 bridgehead atoms. The van der Waals surface area contributed by atoms with Crippen LogP contribution in [0.4, 0.5) is 0 Å². The largest absolute Gasteiger partial charge is 0.466 e. The number of hydrogen-bond acceptors (Lipinski definition) is 3. The molecule has 0 saturated heterocycles. The average molecular weight is 170 g/mol. The first-order valence-electron chi connectivity index (χ1n) is 3.97. The first-order valence-corrected chi connectivity index (χ1v) is 3.97. The fourth-order valence-corrected chi connectivity index (χ4v) is 0.732. The van der Waals surface area contributed by atoms with E-state index in [4.69, 9.17) is 4.74 Å². The summed E-state index contributed by atoms with van der Waals surface area (Å²) >= 11 is 0. The highest BCUT2D eigenvalue weighted by atomic mass is 16.5. The Labute approximate surface area is 72.4 Å². The minimum absolute atomic E-state index is 0.212. The lowest BCUT2D eigenvalue weighted by Gasteiger charge is -2.00. The number of esters is 1. The number of rotatable bonds is 5. The van der Waals surface area contributed by atoms with E-state index in [9.17, 15) is 9.59 Å². The molecule has 12 heavy (non-hydrogen) atoms. The fourth-order valence-electron chi connectivity index (χ4n) is 0.732. The normalized spacial score (nSPS) is 11.0. The monoisotopic (exact) mass is 170 g/mol. The number of carbonyl (C=O) groups excluding carboxylic acids is 2. The van der Waals surface area contributed by atoms with Crippen LogP contribution in [0.15, 0.2) is 11.6 Å². The summed E-state index contributed by atoms with van der Waals surface area (Å²) in [6, 6.07) is 0. The average Bonchev–Trinajstić information content (AvgIpc) is 2.02. The molecule has 0 N–H and O–H groups in total. The first-order chi connectivity index (χ1) is 5.70. The number of carbonyl (C=O) groups is 2. The molecule has 0 aliphatic heterocycles. The SMILES string of the molecule is CCOC(=O)CC/C(C)=C/C=O. The lowest BCUT2D eigenvalue weighted by molar-refractivity contribution is -0.143. The van der Waals surface area contributed by atoms with E-state index >= 15 is 0 Å². The predicted octanol–water partition coefficient (Wildman–Crippen LogP) is 1.47. The molecule has 0 fully saturated rings. The summed E-state index contributed by atoms with van der Waals surface area (Å²) in [7, 11) is 0. The fraction of sp³-hybridized carbons (Fsp3) is 0.556. The van der Waals surface area contributed by atoms with Crippen molar-refractivity contribution < 1.29 is 14.3 Å². The van der Waals surface area contributed by atoms with Crippen LogP contribution in [0.1, 0.15) is 26.7 Å². The maximum atomic E-state index is 10.8. The highest BCUT2D eigenvalue weighted by Gasteiger charge is 2.00. The van der Waals surface area contributed by atoms with Crippen LogP contribution < -0.4 is 0 Å². The molecule has 0 aliphatic rings. The zero-order valence-electron chi connectivity index (χ0n) is 7.50. The highest BCUT2D eigenvalue weighted by molar-refractivity contribution is 5.70. The predicted molar refractivity (Wildman–Crippen MR) is 45.7 cm³/mol. The molecule has 0 atom stereocenters. The molecule has 0 aromatic heterocycles. The van der Waals surface area contributed by atoms with E-state index < -0.39 is 0 Å². The number of aldehydes is 1. The summed E-state index contributed by atoms with van der Waals surface area (Å²) in [5.41, 5.74) is 0.901. The topological polar surface area (TPSA) is 43.4 Å². The molecule has 68 valence electrons. The quantitative estimate of drug-likeness (QED) is 0.356. The van der Waals surface area contributed by atoms with Gasteiger partial charge in [-0.15, -0.1) is 0 Å². The Kier molecular flexibility index (Phi) is 5.97. The van der Waals surface area contributed by atoms with Crippen LogP contribution in [0.25, 0.3) is 0 Å². The van der Waals surface area contributed by atoms with E-state index in [1.807, 2.05) is 6.92 Å². The molecular formula is C9H14O3. The van der Waals surface area contributed by atoms with Crippen LogP contribution in [0.3, 0.4) is 0 Å². The van der Waals surface area contributed by atoms with Gasteiger partial charge in [0.1, 0.15) is 6.29 Å². The summed E-state index contributed by atoms with van der Waals surface area (Å²) in [4.78, 5) is 20.8. The summed E-state index contributed by atoms with van der Waals surface area (Å²) in [5.74, 6) is -0.212. The van der Waals surface area contributed by atoms with E-state index in [-0.39, 0.29) is 5.97 Å². The Bertz CT molecular complexity index is 182. The van der Waals surface area contributed by atoms with E-state index in [2.05, 4.69) is 0 Å². The van der Waals surface area contributed by atoms with Gasteiger partial charge in [-0.3, -0.25) is 9.59 Å². The Balaban J connectivity index is 3.60. The van der Waals surface area contributed by atoms with E-state index in [1.165, 1.54) is 6.08 Å². The van der Waals surface area contributed by atoms with Crippen molar-refractivity contribution >= 4 is 12.3 Å². The Morgan fingerprint density at radius 2 is 2.08 bits per heavy atom. The molecule has 0 aliphatic carbocycles. The van der Waals surface area contributed by atoms with E-state index in [0.29, 0.717) is 19.4 Å². The van der Waals surface area contributed by atoms with Gasteiger partial charge in [0.25, 0.3) is 0 Å². The van der Waals surface area contributed by atoms with Crippen molar-refractivity contribution in [2.45, 2.75) is 26.7 Å². The maximum absolute atomic E-state index is 10.8. The van der Waals surface area contributed by atoms with Gasteiger partial charge in [0.15, 0.2) is 0 Å². The molecule has 0 aromatic carbocycles. The van der Waals surface area contributed by atoms with Gasteiger partial charge < -0.3 is 4.74 Å². The molecule has 0 amide bonds. The molecule has 0 rings (SSSR count). The van der Waals surface area contributed by atoms with Crippen LogP contribution in [0.2, 0.25) is 0 Å². The standard InChI is InChI=1S/C9H14O3/c1-3-12-9(11)5-4-8(2)6-7-10/h6-7H,3-5H2,1-2H3/b8-6+. The highest BCUT2D eigenvalue weighted by Crippen LogP contribution is 2.03. The minimum Gasteiger partial charge on any atom is -0.466 e. The Hall–Kier alpha value is -1.12. The Morgan fingerprint density at radius 3 is 2.58 bits per heavy atom. The smallest absolute Gasteiger partial charge is 0.306 e. The molecule has 0 heterocycles. The van der Waals surface area contributed by atoms with Crippen molar-refractivity contribution in [2.75, 3.05) is 6.61 Å². The van der Waals surface area contributed by atoms with Crippen molar-refractivity contribution in [1.29, 1.82) is 0 Å². The van der Waals surface area contributed by atoms with Gasteiger partial charge in [0.05, 0.1) is 6.61 Å². The molecule has 0 spiro atoms. The Morgan fingerprint density at radius 1 is 1.42 bits per heavy atom. The number of hydrogen-bond donors (Lipinski definition) is 0. The molecule has 0 unspecified atom stereocenters. The number of ether oxygens (including phenoxy) is 1. The second kappa shape index (κ2) is 6.58. The molecule has 0 radical (unpaired) electrons. The van der Waals surface area contributed by atoms with Crippen LogP contribution in [0.5, 0.6) is 0 Å². The van der Waals surface area contributed by atoms with Gasteiger partial charge in [0.2, 0.25) is 0 Å². The van der Waals surface area contributed by atoms with Crippen molar-refractivity contribution in [3.63, 3.8) is 0 Å². The van der Waals surface area contributed by atoms with Gasteiger partial charge in [-0.1, -0.05) is 5.57 Å². The van der Waals surface area contributed by atoms with Crippen LogP contribution >= 0.6 is 0 Å². The van der Waals surface area contributed by atoms with Crippen LogP contribution in [0, 0.1) is 0 Å². The third kappa shape index (κ3) is 5.65. The minimum atomic E-state index is -0.212. The van der Waals surface area contributed by atoms with Gasteiger partial charge >= 0.3 is 5.97 Å². The van der Waals surface area contributed by atoms with E-state index in [0.717, 1.165) is 11.9 Å². The molecule has 3 heteroatoms. The summed E-state index contributed by atoms with van der Waals surface area (Å²) in [6.45, 7) is 3.99. The van der Waals surface area contributed by atoms with Crippen molar-refractivity contribution in [3.8, 4) is 0 Å². The second-order valence-corrected chi connectivity index (χ2v) is 2.45. The van der Waals surface area contributed by atoms with Crippen molar-refractivity contribution in [3.05, 3.63) is 11.6 Å². The summed E-state index contributed by atoms with van der Waals surface area (Å²) in [5, 5.41) is 0. The zero-order valence-corrected chi connectivity index (χ0v) is 7.50. The molecule has 0 saturated carbocycles. The van der Waals surface area contributed by atoms with Crippen molar-refractivity contribution in [2.24, 2.45) is 0 Å². The van der Waals surface area contributed by atoms with Gasteiger partial charge in [-0.05, 0) is 26.3 Å². The third-order valence-electron chi connectivity index (χ3n) is 1.38. The second-order valence-electron chi connectivity index (χ2n) is 2.45. The zero-order chi connectivity index (χ0) is 9.40. The maximum Gasteiger partial charge on any atom is 0.306 e. The molecular weight excluding hydrogens is 156 g/mol. The molecule has 3 nitrogen and oxygen atoms in total. The van der Waals surface area contributed by atoms with Gasteiger partial charge in [-0.2, -0.15) is 0 Å². The lowest BCUT2D eigenvalue weighted by atomic mass is 10.1. The van der Waals surface area contributed by atoms with Crippen LogP contribution in [-0.2, 0) is 14.3 Å².